The Hall–Kier alpha value is -2.15. The van der Waals surface area contributed by atoms with E-state index in [0.29, 0.717) is 17.0 Å². The second kappa shape index (κ2) is 6.09. The molecule has 0 unspecified atom stereocenters. The lowest BCUT2D eigenvalue weighted by Gasteiger charge is -2.12. The first-order valence-electron chi connectivity index (χ1n) is 5.79. The van der Waals surface area contributed by atoms with Crippen LogP contribution in [0.4, 0.5) is 24.8 Å². The molecule has 0 aliphatic heterocycles. The first-order chi connectivity index (χ1) is 9.90. The molecule has 0 aliphatic rings. The van der Waals surface area contributed by atoms with E-state index in [2.05, 4.69) is 15.3 Å². The number of halogens is 4. The Bertz CT molecular complexity index is 661. The van der Waals surface area contributed by atoms with Crippen LogP contribution in [0.1, 0.15) is 11.3 Å². The fourth-order valence-corrected chi connectivity index (χ4v) is 1.84. The SMILES string of the molecule is O=CCc1cnc(Nc2cccc(Cl)c2)nc1C(F)(F)F. The molecule has 0 radical (unpaired) electrons. The van der Waals surface area contributed by atoms with Crippen molar-refractivity contribution in [2.24, 2.45) is 0 Å². The minimum atomic E-state index is -4.66. The summed E-state index contributed by atoms with van der Waals surface area (Å²) in [5, 5.41) is 3.06. The molecule has 21 heavy (non-hydrogen) atoms. The van der Waals surface area contributed by atoms with Crippen LogP contribution in [-0.2, 0) is 17.4 Å². The van der Waals surface area contributed by atoms with E-state index in [0.717, 1.165) is 6.20 Å². The predicted molar refractivity (Wildman–Crippen MR) is 71.5 cm³/mol. The van der Waals surface area contributed by atoms with Crippen LogP contribution < -0.4 is 5.32 Å². The Kier molecular flexibility index (Phi) is 4.42. The van der Waals surface area contributed by atoms with E-state index in [9.17, 15) is 18.0 Å². The maximum Gasteiger partial charge on any atom is 0.433 e. The number of carbonyl (C=O) groups excluding carboxylic acids is 1. The van der Waals surface area contributed by atoms with Gasteiger partial charge in [-0.05, 0) is 18.2 Å². The molecule has 1 heterocycles. The number of nitrogens with zero attached hydrogens (tertiary/aromatic N) is 2. The molecule has 0 saturated heterocycles. The number of hydrogen-bond acceptors (Lipinski definition) is 4. The number of anilines is 2. The molecule has 0 saturated carbocycles. The largest absolute Gasteiger partial charge is 0.433 e. The topological polar surface area (TPSA) is 54.9 Å². The van der Waals surface area contributed by atoms with Crippen molar-refractivity contribution in [2.45, 2.75) is 12.6 Å². The molecule has 1 N–H and O–H groups in total. The van der Waals surface area contributed by atoms with Gasteiger partial charge in [0, 0.05) is 28.9 Å². The molecule has 0 fully saturated rings. The number of carbonyl (C=O) groups is 1. The Morgan fingerprint density at radius 3 is 2.71 bits per heavy atom. The highest BCUT2D eigenvalue weighted by atomic mass is 35.5. The molecule has 4 nitrogen and oxygen atoms in total. The van der Waals surface area contributed by atoms with Crippen molar-refractivity contribution in [1.29, 1.82) is 0 Å². The Morgan fingerprint density at radius 1 is 1.33 bits per heavy atom. The van der Waals surface area contributed by atoms with Crippen molar-refractivity contribution in [1.82, 2.24) is 9.97 Å². The minimum absolute atomic E-state index is 0.223. The molecule has 1 aromatic heterocycles. The maximum absolute atomic E-state index is 12.9. The van der Waals surface area contributed by atoms with Gasteiger partial charge < -0.3 is 10.1 Å². The average molecular weight is 316 g/mol. The lowest BCUT2D eigenvalue weighted by Crippen LogP contribution is -2.14. The van der Waals surface area contributed by atoms with Crippen molar-refractivity contribution < 1.29 is 18.0 Å². The highest BCUT2D eigenvalue weighted by molar-refractivity contribution is 6.30. The number of hydrogen-bond donors (Lipinski definition) is 1. The van der Waals surface area contributed by atoms with Crippen LogP contribution in [0, 0.1) is 0 Å². The first-order valence-corrected chi connectivity index (χ1v) is 6.17. The van der Waals surface area contributed by atoms with E-state index in [1.54, 1.807) is 18.2 Å². The lowest BCUT2D eigenvalue weighted by atomic mass is 10.2. The minimum Gasteiger partial charge on any atom is -0.324 e. The molecular weight excluding hydrogens is 307 g/mol. The van der Waals surface area contributed by atoms with Gasteiger partial charge in [0.2, 0.25) is 5.95 Å². The molecule has 0 spiro atoms. The molecule has 110 valence electrons. The van der Waals surface area contributed by atoms with Crippen LogP contribution in [-0.4, -0.2) is 16.3 Å². The van der Waals surface area contributed by atoms with Crippen LogP contribution in [0.2, 0.25) is 5.02 Å². The van der Waals surface area contributed by atoms with Gasteiger partial charge in [0.25, 0.3) is 0 Å². The number of nitrogens with one attached hydrogen (secondary N) is 1. The normalized spacial score (nSPS) is 11.2. The van der Waals surface area contributed by atoms with E-state index >= 15 is 0 Å². The Morgan fingerprint density at radius 2 is 2.10 bits per heavy atom. The van der Waals surface area contributed by atoms with Gasteiger partial charge in [-0.3, -0.25) is 0 Å². The second-order valence-corrected chi connectivity index (χ2v) is 4.51. The second-order valence-electron chi connectivity index (χ2n) is 4.07. The van der Waals surface area contributed by atoms with Crippen LogP contribution >= 0.6 is 11.6 Å². The number of rotatable bonds is 4. The standard InChI is InChI=1S/C13H9ClF3N3O/c14-9-2-1-3-10(6-9)19-12-18-7-8(4-5-21)11(20-12)13(15,16)17/h1-3,5-7H,4H2,(H,18,19,20). The van der Waals surface area contributed by atoms with Gasteiger partial charge in [-0.2, -0.15) is 13.2 Å². The molecular formula is C13H9ClF3N3O. The van der Waals surface area contributed by atoms with Gasteiger partial charge in [-0.15, -0.1) is 0 Å². The average Bonchev–Trinajstić information content (AvgIpc) is 2.39. The number of benzene rings is 1. The summed E-state index contributed by atoms with van der Waals surface area (Å²) in [5.74, 6) is -0.223. The zero-order valence-corrected chi connectivity index (χ0v) is 11.2. The zero-order valence-electron chi connectivity index (χ0n) is 10.5. The summed E-state index contributed by atoms with van der Waals surface area (Å²) in [6.07, 6.45) is -3.70. The van der Waals surface area contributed by atoms with E-state index in [1.165, 1.54) is 6.07 Å². The fourth-order valence-electron chi connectivity index (χ4n) is 1.65. The van der Waals surface area contributed by atoms with Gasteiger partial charge in [-0.25, -0.2) is 9.97 Å². The van der Waals surface area contributed by atoms with Crippen LogP contribution in [0.15, 0.2) is 30.5 Å². The van der Waals surface area contributed by atoms with E-state index in [-0.39, 0.29) is 11.5 Å². The van der Waals surface area contributed by atoms with E-state index < -0.39 is 18.3 Å². The number of aromatic nitrogens is 2. The first kappa shape index (κ1) is 15.2. The van der Waals surface area contributed by atoms with Gasteiger partial charge >= 0.3 is 6.18 Å². The van der Waals surface area contributed by atoms with Crippen LogP contribution in [0.3, 0.4) is 0 Å². The molecule has 1 aromatic carbocycles. The van der Waals surface area contributed by atoms with E-state index in [4.69, 9.17) is 11.6 Å². The van der Waals surface area contributed by atoms with Gasteiger partial charge in [0.05, 0.1) is 0 Å². The molecule has 0 bridgehead atoms. The summed E-state index contributed by atoms with van der Waals surface area (Å²) in [4.78, 5) is 17.6. The van der Waals surface area contributed by atoms with Crippen molar-refractivity contribution >= 4 is 29.5 Å². The summed E-state index contributed by atoms with van der Waals surface area (Å²) >= 11 is 5.78. The quantitative estimate of drug-likeness (QED) is 0.875. The fraction of sp³-hybridized carbons (Fsp3) is 0.154. The molecule has 2 rings (SSSR count). The molecule has 8 heteroatoms. The van der Waals surface area contributed by atoms with Gasteiger partial charge in [-0.1, -0.05) is 17.7 Å². The molecule has 0 atom stereocenters. The summed E-state index contributed by atoms with van der Waals surface area (Å²) in [7, 11) is 0. The number of alkyl halides is 3. The lowest BCUT2D eigenvalue weighted by molar-refractivity contribution is -0.141. The van der Waals surface area contributed by atoms with Crippen molar-refractivity contribution in [3.05, 3.63) is 46.7 Å². The van der Waals surface area contributed by atoms with Crippen LogP contribution in [0.25, 0.3) is 0 Å². The van der Waals surface area contributed by atoms with E-state index in [1.807, 2.05) is 0 Å². The monoisotopic (exact) mass is 315 g/mol. The Labute approximate surface area is 123 Å². The predicted octanol–water partition coefficient (Wildman–Crippen LogP) is 3.63. The van der Waals surface area contributed by atoms with Crippen molar-refractivity contribution in [3.8, 4) is 0 Å². The summed E-state index contributed by atoms with van der Waals surface area (Å²) in [6, 6.07) is 6.40. The summed E-state index contributed by atoms with van der Waals surface area (Å²) in [5.41, 5.74) is -0.943. The Balaban J connectivity index is 2.35. The van der Waals surface area contributed by atoms with Crippen molar-refractivity contribution in [3.63, 3.8) is 0 Å². The summed E-state index contributed by atoms with van der Waals surface area (Å²) in [6.45, 7) is 0. The number of aldehydes is 1. The summed E-state index contributed by atoms with van der Waals surface area (Å²) < 4.78 is 38.7. The highest BCUT2D eigenvalue weighted by Gasteiger charge is 2.35. The third kappa shape index (κ3) is 3.91. The highest BCUT2D eigenvalue weighted by Crippen LogP contribution is 2.31. The smallest absolute Gasteiger partial charge is 0.324 e. The zero-order chi connectivity index (χ0) is 15.5. The molecule has 0 aliphatic carbocycles. The van der Waals surface area contributed by atoms with Gasteiger partial charge in [0.15, 0.2) is 5.69 Å². The molecule has 2 aromatic rings. The molecule has 0 amide bonds. The van der Waals surface area contributed by atoms with Crippen LogP contribution in [0.5, 0.6) is 0 Å². The third-order valence-electron chi connectivity index (χ3n) is 2.52. The van der Waals surface area contributed by atoms with Crippen molar-refractivity contribution in [2.75, 3.05) is 5.32 Å². The third-order valence-corrected chi connectivity index (χ3v) is 2.75. The maximum atomic E-state index is 12.9. The van der Waals surface area contributed by atoms with Gasteiger partial charge in [0.1, 0.15) is 6.29 Å².